The fourth-order valence-electron chi connectivity index (χ4n) is 8.15. The second-order valence-electron chi connectivity index (χ2n) is 13.1. The van der Waals surface area contributed by atoms with Gasteiger partial charge in [0.25, 0.3) is 0 Å². The fourth-order valence-corrected chi connectivity index (χ4v) is 8.15. The molecule has 0 amide bonds. The minimum absolute atomic E-state index is 0.146. The molecule has 7 aromatic carbocycles. The van der Waals surface area contributed by atoms with Crippen LogP contribution in [-0.4, -0.2) is 5.84 Å². The molecular formula is C47H32N2O. The average molecular weight is 641 g/mol. The number of rotatable bonds is 4. The van der Waals surface area contributed by atoms with Crippen molar-refractivity contribution in [1.82, 2.24) is 5.32 Å². The first kappa shape index (κ1) is 28.6. The topological polar surface area (TPSA) is 33.6 Å². The third kappa shape index (κ3) is 4.33. The second kappa shape index (κ2) is 11.3. The van der Waals surface area contributed by atoms with Crippen molar-refractivity contribution in [2.24, 2.45) is 4.99 Å². The van der Waals surface area contributed by atoms with Gasteiger partial charge in [-0.1, -0.05) is 158 Å². The van der Waals surface area contributed by atoms with Gasteiger partial charge in [-0.15, -0.1) is 0 Å². The summed E-state index contributed by atoms with van der Waals surface area (Å²) in [5, 5.41) is 3.73. The molecule has 1 N–H and O–H groups in total. The summed E-state index contributed by atoms with van der Waals surface area (Å²) in [5.74, 6) is 2.67. The summed E-state index contributed by atoms with van der Waals surface area (Å²) >= 11 is 0. The lowest BCUT2D eigenvalue weighted by Crippen LogP contribution is -2.32. The summed E-state index contributed by atoms with van der Waals surface area (Å²) < 4.78 is 6.52. The van der Waals surface area contributed by atoms with Gasteiger partial charge in [0.15, 0.2) is 0 Å². The van der Waals surface area contributed by atoms with Crippen molar-refractivity contribution in [2.45, 2.75) is 11.5 Å². The highest BCUT2D eigenvalue weighted by molar-refractivity contribution is 6.05. The van der Waals surface area contributed by atoms with Gasteiger partial charge in [0.1, 0.15) is 17.3 Å². The maximum absolute atomic E-state index is 6.52. The van der Waals surface area contributed by atoms with Gasteiger partial charge in [-0.05, 0) is 68.8 Å². The van der Waals surface area contributed by atoms with Crippen molar-refractivity contribution in [3.05, 3.63) is 221 Å². The van der Waals surface area contributed by atoms with Crippen molar-refractivity contribution in [3.8, 4) is 33.8 Å². The second-order valence-corrected chi connectivity index (χ2v) is 13.1. The van der Waals surface area contributed by atoms with Gasteiger partial charge in [-0.25, -0.2) is 0 Å². The SMILES string of the molecule is C1=C(c2ccc3c(c2)-c2ccccc2C32c3ccccc3Oc3ccccc32)NC(c2ccccc2)=NC1c1ccc(-c2ccccc2)cc1. The highest BCUT2D eigenvalue weighted by Crippen LogP contribution is 2.62. The number of para-hydroxylation sites is 2. The molecule has 10 rings (SSSR count). The van der Waals surface area contributed by atoms with Gasteiger partial charge in [-0.3, -0.25) is 4.99 Å². The van der Waals surface area contributed by atoms with E-state index in [2.05, 4.69) is 181 Å². The van der Waals surface area contributed by atoms with E-state index in [0.29, 0.717) is 0 Å². The minimum Gasteiger partial charge on any atom is -0.457 e. The van der Waals surface area contributed by atoms with E-state index in [9.17, 15) is 0 Å². The van der Waals surface area contributed by atoms with E-state index >= 15 is 0 Å². The zero-order chi connectivity index (χ0) is 33.1. The molecule has 0 saturated carbocycles. The Morgan fingerprint density at radius 2 is 1.00 bits per heavy atom. The standard InChI is InChI=1S/C47H32N2O/c1-3-13-31(14-4-1)32-23-25-33(26-24-32)42-30-43(49-46(48-42)34-15-5-2-6-16-34)35-27-28-39-37(29-35)36-17-7-8-18-38(36)47(39)40-19-9-11-21-44(40)50-45-22-12-10-20-41(45)47/h1-30,42H,(H,48,49). The molecule has 7 aromatic rings. The number of fused-ring (bicyclic) bond motifs is 9. The first-order valence-electron chi connectivity index (χ1n) is 17.2. The van der Waals surface area contributed by atoms with Crippen molar-refractivity contribution in [3.63, 3.8) is 0 Å². The van der Waals surface area contributed by atoms with Crippen LogP contribution in [0.5, 0.6) is 11.5 Å². The third-order valence-electron chi connectivity index (χ3n) is 10.4. The highest BCUT2D eigenvalue weighted by Gasteiger charge is 2.51. The van der Waals surface area contributed by atoms with Gasteiger partial charge >= 0.3 is 0 Å². The number of aliphatic imine (C=N–C) groups is 1. The highest BCUT2D eigenvalue weighted by atomic mass is 16.5. The number of ether oxygens (including phenoxy) is 1. The van der Waals surface area contributed by atoms with Crippen LogP contribution in [0.3, 0.4) is 0 Å². The lowest BCUT2D eigenvalue weighted by atomic mass is 9.66. The number of hydrogen-bond donors (Lipinski definition) is 1. The molecule has 1 spiro atoms. The third-order valence-corrected chi connectivity index (χ3v) is 10.4. The lowest BCUT2D eigenvalue weighted by Gasteiger charge is -2.39. The van der Waals surface area contributed by atoms with Crippen LogP contribution in [0.25, 0.3) is 28.0 Å². The van der Waals surface area contributed by atoms with E-state index < -0.39 is 5.41 Å². The molecule has 0 radical (unpaired) electrons. The maximum atomic E-state index is 6.52. The largest absolute Gasteiger partial charge is 0.457 e. The molecule has 0 bridgehead atoms. The molecule has 3 aliphatic rings. The van der Waals surface area contributed by atoms with Gasteiger partial charge < -0.3 is 10.1 Å². The predicted octanol–water partition coefficient (Wildman–Crippen LogP) is 11.0. The van der Waals surface area contributed by atoms with E-state index in [-0.39, 0.29) is 6.04 Å². The zero-order valence-corrected chi connectivity index (χ0v) is 27.3. The molecule has 236 valence electrons. The van der Waals surface area contributed by atoms with Crippen LogP contribution in [0, 0.1) is 0 Å². The summed E-state index contributed by atoms with van der Waals surface area (Å²) in [6.07, 6.45) is 2.27. The van der Waals surface area contributed by atoms with Crippen molar-refractivity contribution >= 4 is 11.5 Å². The molecule has 2 aliphatic heterocycles. The first-order valence-corrected chi connectivity index (χ1v) is 17.2. The minimum atomic E-state index is -0.482. The van der Waals surface area contributed by atoms with Gasteiger partial charge in [0.2, 0.25) is 0 Å². The number of nitrogens with zero attached hydrogens (tertiary/aromatic N) is 1. The fraction of sp³-hybridized carbons (Fsp3) is 0.0426. The van der Waals surface area contributed by atoms with Crippen LogP contribution < -0.4 is 10.1 Å². The van der Waals surface area contributed by atoms with Gasteiger partial charge in [-0.2, -0.15) is 0 Å². The molecule has 0 aromatic heterocycles. The Morgan fingerprint density at radius 1 is 0.460 bits per heavy atom. The Kier molecular flexibility index (Phi) is 6.47. The Balaban J connectivity index is 1.13. The summed E-state index contributed by atoms with van der Waals surface area (Å²) in [6.45, 7) is 0. The molecule has 1 aliphatic carbocycles. The molecule has 3 nitrogen and oxygen atoms in total. The van der Waals surface area contributed by atoms with Crippen molar-refractivity contribution < 1.29 is 4.74 Å². The number of hydrogen-bond acceptors (Lipinski definition) is 3. The molecule has 0 saturated heterocycles. The van der Waals surface area contributed by atoms with Crippen molar-refractivity contribution in [2.75, 3.05) is 0 Å². The number of benzene rings is 7. The summed E-state index contributed by atoms with van der Waals surface area (Å²) in [4.78, 5) is 5.24. The lowest BCUT2D eigenvalue weighted by molar-refractivity contribution is 0.436. The number of amidine groups is 1. The molecule has 1 unspecified atom stereocenters. The van der Waals surface area contributed by atoms with Crippen LogP contribution in [0.15, 0.2) is 187 Å². The Labute approximate surface area is 291 Å². The molecule has 3 heteroatoms. The summed E-state index contributed by atoms with van der Waals surface area (Å²) in [5.41, 5.74) is 13.7. The van der Waals surface area contributed by atoms with E-state index in [1.165, 1.54) is 44.5 Å². The van der Waals surface area contributed by atoms with E-state index in [0.717, 1.165) is 39.7 Å². The van der Waals surface area contributed by atoms with Crippen molar-refractivity contribution in [1.29, 1.82) is 0 Å². The average Bonchev–Trinajstić information content (AvgIpc) is 3.48. The summed E-state index contributed by atoms with van der Waals surface area (Å²) in [6, 6.07) is 62.5. The molecule has 50 heavy (non-hydrogen) atoms. The van der Waals surface area contributed by atoms with Crippen LogP contribution in [-0.2, 0) is 5.41 Å². The van der Waals surface area contributed by atoms with E-state index in [1.807, 2.05) is 6.07 Å². The van der Waals surface area contributed by atoms with Gasteiger partial charge in [0.05, 0.1) is 11.5 Å². The molecule has 0 fully saturated rings. The van der Waals surface area contributed by atoms with E-state index in [4.69, 9.17) is 9.73 Å². The number of nitrogens with one attached hydrogen (secondary N) is 1. The quantitative estimate of drug-likeness (QED) is 0.208. The van der Waals surface area contributed by atoms with Crippen LogP contribution in [0.2, 0.25) is 0 Å². The van der Waals surface area contributed by atoms with Crippen LogP contribution in [0.4, 0.5) is 0 Å². The first-order chi connectivity index (χ1) is 24.8. The monoisotopic (exact) mass is 640 g/mol. The zero-order valence-electron chi connectivity index (χ0n) is 27.3. The maximum Gasteiger partial charge on any atom is 0.133 e. The molecule has 2 heterocycles. The summed E-state index contributed by atoms with van der Waals surface area (Å²) in [7, 11) is 0. The normalized spacial score (nSPS) is 16.1. The molecular weight excluding hydrogens is 609 g/mol. The smallest absolute Gasteiger partial charge is 0.133 e. The Morgan fingerprint density at radius 3 is 1.70 bits per heavy atom. The predicted molar refractivity (Wildman–Crippen MR) is 203 cm³/mol. The molecule has 1 atom stereocenters. The van der Waals surface area contributed by atoms with Crippen LogP contribution >= 0.6 is 0 Å². The van der Waals surface area contributed by atoms with Gasteiger partial charge in [0, 0.05) is 22.4 Å². The van der Waals surface area contributed by atoms with Crippen LogP contribution in [0.1, 0.15) is 45.0 Å². The Bertz CT molecular complexity index is 2430. The van der Waals surface area contributed by atoms with E-state index in [1.54, 1.807) is 0 Å². The Hall–Kier alpha value is -6.45.